The van der Waals surface area contributed by atoms with Gasteiger partial charge in [-0.3, -0.25) is 4.79 Å². The van der Waals surface area contributed by atoms with Gasteiger partial charge in [-0.05, 0) is 63.0 Å². The number of piperidine rings is 1. The Morgan fingerprint density at radius 1 is 1.13 bits per heavy atom. The summed E-state index contributed by atoms with van der Waals surface area (Å²) in [5.74, 6) is 0.450. The van der Waals surface area contributed by atoms with Gasteiger partial charge in [0.25, 0.3) is 0 Å². The smallest absolute Gasteiger partial charge is 0.319 e. The van der Waals surface area contributed by atoms with Crippen LogP contribution in [0.3, 0.4) is 0 Å². The van der Waals surface area contributed by atoms with Crippen molar-refractivity contribution in [2.75, 3.05) is 31.5 Å². The summed E-state index contributed by atoms with van der Waals surface area (Å²) in [6, 6.07) is 6.72. The van der Waals surface area contributed by atoms with Gasteiger partial charge in [-0.15, -0.1) is 0 Å². The molecule has 2 N–H and O–H groups in total. The fraction of sp³-hybridized carbons (Fsp3) is 0.556. The third-order valence-corrected chi connectivity index (χ3v) is 4.18. The third kappa shape index (κ3) is 6.02. The molecule has 2 rings (SSSR count). The fourth-order valence-corrected chi connectivity index (χ4v) is 2.88. The third-order valence-electron chi connectivity index (χ3n) is 4.18. The van der Waals surface area contributed by atoms with Crippen LogP contribution in [0.1, 0.15) is 43.5 Å². The quantitative estimate of drug-likeness (QED) is 0.792. The molecule has 1 atom stereocenters. The Morgan fingerprint density at radius 2 is 1.78 bits per heavy atom. The molecule has 1 fully saturated rings. The van der Waals surface area contributed by atoms with Crippen molar-refractivity contribution in [2.24, 2.45) is 5.92 Å². The highest BCUT2D eigenvalue weighted by Gasteiger charge is 2.14. The van der Waals surface area contributed by atoms with Crippen molar-refractivity contribution in [3.8, 4) is 0 Å². The average Bonchev–Trinajstić information content (AvgIpc) is 2.54. The first-order chi connectivity index (χ1) is 11.0. The molecule has 2 amide bonds. The normalized spacial score (nSPS) is 16.6. The van der Waals surface area contributed by atoms with Crippen LogP contribution in [-0.2, 0) is 0 Å². The predicted octanol–water partition coefficient (Wildman–Crippen LogP) is 3.13. The number of benzene rings is 1. The standard InChI is InChI=1S/C18H27N3O2/c1-14(13-21-10-4-3-5-11-21)12-19-18(23)20-17-8-6-16(7-9-17)15(2)22/h6-9,14H,3-5,10-13H2,1-2H3,(H2,19,20,23). The lowest BCUT2D eigenvalue weighted by Gasteiger charge is -2.29. The Hall–Kier alpha value is -1.88. The molecule has 5 heteroatoms. The molecule has 0 bridgehead atoms. The number of hydrogen-bond acceptors (Lipinski definition) is 3. The summed E-state index contributed by atoms with van der Waals surface area (Å²) in [7, 11) is 0. The van der Waals surface area contributed by atoms with E-state index < -0.39 is 0 Å². The van der Waals surface area contributed by atoms with Crippen molar-refractivity contribution < 1.29 is 9.59 Å². The van der Waals surface area contributed by atoms with Crippen molar-refractivity contribution in [2.45, 2.75) is 33.1 Å². The number of amides is 2. The highest BCUT2D eigenvalue weighted by Crippen LogP contribution is 2.11. The highest BCUT2D eigenvalue weighted by molar-refractivity contribution is 5.95. The topological polar surface area (TPSA) is 61.4 Å². The molecule has 0 aliphatic carbocycles. The highest BCUT2D eigenvalue weighted by atomic mass is 16.2. The maximum atomic E-state index is 11.9. The summed E-state index contributed by atoms with van der Waals surface area (Å²) in [6.07, 6.45) is 3.92. The number of nitrogens with zero attached hydrogens (tertiary/aromatic N) is 1. The molecule has 1 aromatic rings. The van der Waals surface area contributed by atoms with E-state index >= 15 is 0 Å². The Balaban J connectivity index is 1.70. The van der Waals surface area contributed by atoms with Crippen LogP contribution in [0.5, 0.6) is 0 Å². The van der Waals surface area contributed by atoms with Gasteiger partial charge in [-0.1, -0.05) is 13.3 Å². The summed E-state index contributed by atoms with van der Waals surface area (Å²) in [5.41, 5.74) is 1.34. The molecule has 1 saturated heterocycles. The van der Waals surface area contributed by atoms with Gasteiger partial charge in [0.15, 0.2) is 5.78 Å². The molecule has 0 radical (unpaired) electrons. The first kappa shape index (κ1) is 17.5. The number of likely N-dealkylation sites (tertiary alicyclic amines) is 1. The lowest BCUT2D eigenvalue weighted by atomic mass is 10.1. The van der Waals surface area contributed by atoms with Gasteiger partial charge in [0.1, 0.15) is 0 Å². The van der Waals surface area contributed by atoms with E-state index in [1.165, 1.54) is 39.3 Å². The second kappa shape index (κ2) is 8.67. The number of hydrogen-bond donors (Lipinski definition) is 2. The molecule has 0 spiro atoms. The van der Waals surface area contributed by atoms with E-state index in [4.69, 9.17) is 0 Å². The Bertz CT molecular complexity index is 522. The van der Waals surface area contributed by atoms with Gasteiger partial charge < -0.3 is 15.5 Å². The maximum absolute atomic E-state index is 11.9. The average molecular weight is 317 g/mol. The predicted molar refractivity (Wildman–Crippen MR) is 92.9 cm³/mol. The number of urea groups is 1. The van der Waals surface area contributed by atoms with Gasteiger partial charge in [0.05, 0.1) is 0 Å². The number of ketones is 1. The molecule has 0 aromatic heterocycles. The monoisotopic (exact) mass is 317 g/mol. The van der Waals surface area contributed by atoms with E-state index in [-0.39, 0.29) is 11.8 Å². The lowest BCUT2D eigenvalue weighted by molar-refractivity contribution is 0.101. The second-order valence-corrected chi connectivity index (χ2v) is 6.44. The van der Waals surface area contributed by atoms with Crippen LogP contribution in [0.4, 0.5) is 10.5 Å². The first-order valence-corrected chi connectivity index (χ1v) is 8.43. The molecule has 126 valence electrons. The molecule has 1 heterocycles. The minimum atomic E-state index is -0.203. The first-order valence-electron chi connectivity index (χ1n) is 8.43. The van der Waals surface area contributed by atoms with Gasteiger partial charge >= 0.3 is 6.03 Å². The summed E-state index contributed by atoms with van der Waals surface area (Å²) in [6.45, 7) is 7.74. The van der Waals surface area contributed by atoms with E-state index in [0.29, 0.717) is 23.7 Å². The number of rotatable bonds is 6. The molecular weight excluding hydrogens is 290 g/mol. The van der Waals surface area contributed by atoms with Crippen molar-refractivity contribution in [1.29, 1.82) is 0 Å². The van der Waals surface area contributed by atoms with E-state index in [1.54, 1.807) is 24.3 Å². The molecule has 23 heavy (non-hydrogen) atoms. The molecule has 1 unspecified atom stereocenters. The fourth-order valence-electron chi connectivity index (χ4n) is 2.88. The van der Waals surface area contributed by atoms with Gasteiger partial charge in [0.2, 0.25) is 0 Å². The minimum Gasteiger partial charge on any atom is -0.338 e. The Kier molecular flexibility index (Phi) is 6.59. The van der Waals surface area contributed by atoms with Gasteiger partial charge in [0, 0.05) is 24.3 Å². The number of Topliss-reactive ketones (excluding diaryl/α,β-unsaturated/α-hetero) is 1. The van der Waals surface area contributed by atoms with Crippen LogP contribution in [0.2, 0.25) is 0 Å². The van der Waals surface area contributed by atoms with Crippen molar-refractivity contribution >= 4 is 17.5 Å². The molecule has 5 nitrogen and oxygen atoms in total. The molecule has 1 aromatic carbocycles. The minimum absolute atomic E-state index is 0.0209. The number of carbonyl (C=O) groups excluding carboxylic acids is 2. The maximum Gasteiger partial charge on any atom is 0.319 e. The number of nitrogens with one attached hydrogen (secondary N) is 2. The zero-order valence-corrected chi connectivity index (χ0v) is 14.1. The molecule has 0 saturated carbocycles. The van der Waals surface area contributed by atoms with Crippen molar-refractivity contribution in [3.63, 3.8) is 0 Å². The Morgan fingerprint density at radius 3 is 2.39 bits per heavy atom. The van der Waals surface area contributed by atoms with Gasteiger partial charge in [-0.25, -0.2) is 4.79 Å². The van der Waals surface area contributed by atoms with Crippen LogP contribution in [-0.4, -0.2) is 42.9 Å². The summed E-state index contributed by atoms with van der Waals surface area (Å²) in [4.78, 5) is 25.6. The van der Waals surface area contributed by atoms with E-state index in [1.807, 2.05) is 0 Å². The van der Waals surface area contributed by atoms with Crippen LogP contribution in [0.15, 0.2) is 24.3 Å². The summed E-state index contributed by atoms with van der Waals surface area (Å²) >= 11 is 0. The van der Waals surface area contributed by atoms with Crippen LogP contribution >= 0.6 is 0 Å². The second-order valence-electron chi connectivity index (χ2n) is 6.44. The zero-order chi connectivity index (χ0) is 16.7. The molecule has 1 aliphatic heterocycles. The zero-order valence-electron chi connectivity index (χ0n) is 14.1. The molecule has 1 aliphatic rings. The van der Waals surface area contributed by atoms with Crippen molar-refractivity contribution in [1.82, 2.24) is 10.2 Å². The lowest BCUT2D eigenvalue weighted by Crippen LogP contribution is -2.39. The van der Waals surface area contributed by atoms with Crippen LogP contribution in [0.25, 0.3) is 0 Å². The number of anilines is 1. The summed E-state index contributed by atoms with van der Waals surface area (Å²) in [5, 5.41) is 5.71. The van der Waals surface area contributed by atoms with E-state index in [2.05, 4.69) is 22.5 Å². The summed E-state index contributed by atoms with van der Waals surface area (Å²) < 4.78 is 0. The van der Waals surface area contributed by atoms with E-state index in [9.17, 15) is 9.59 Å². The molecular formula is C18H27N3O2. The SMILES string of the molecule is CC(=O)c1ccc(NC(=O)NCC(C)CN2CCCCC2)cc1. The Labute approximate surface area is 138 Å². The van der Waals surface area contributed by atoms with Crippen molar-refractivity contribution in [3.05, 3.63) is 29.8 Å². The van der Waals surface area contributed by atoms with Crippen LogP contribution in [0, 0.1) is 5.92 Å². The number of carbonyl (C=O) groups is 2. The van der Waals surface area contributed by atoms with Crippen LogP contribution < -0.4 is 10.6 Å². The van der Waals surface area contributed by atoms with E-state index in [0.717, 1.165) is 6.54 Å². The van der Waals surface area contributed by atoms with Gasteiger partial charge in [-0.2, -0.15) is 0 Å². The largest absolute Gasteiger partial charge is 0.338 e.